The molecule has 0 aliphatic rings. The summed E-state index contributed by atoms with van der Waals surface area (Å²) in [6, 6.07) is 0. The highest BCUT2D eigenvalue weighted by Gasteiger charge is 2.54. The Labute approximate surface area is 95.8 Å². The van der Waals surface area contributed by atoms with E-state index in [0.717, 1.165) is 0 Å². The Morgan fingerprint density at radius 2 is 1.71 bits per heavy atom. The van der Waals surface area contributed by atoms with Gasteiger partial charge in [-0.3, -0.25) is 4.55 Å². The lowest BCUT2D eigenvalue weighted by Crippen LogP contribution is -2.42. The van der Waals surface area contributed by atoms with Crippen LogP contribution in [0, 0.1) is 5.41 Å². The molecule has 0 spiro atoms. The summed E-state index contributed by atoms with van der Waals surface area (Å²) in [4.78, 5) is 10.7. The molecule has 0 aliphatic heterocycles. The maximum Gasteiger partial charge on any atom is 0.465 e. The summed E-state index contributed by atoms with van der Waals surface area (Å²) >= 11 is 0. The van der Waals surface area contributed by atoms with Gasteiger partial charge in [-0.15, -0.1) is 0 Å². The van der Waals surface area contributed by atoms with Gasteiger partial charge in [0, 0.05) is 5.41 Å². The lowest BCUT2D eigenvalue weighted by atomic mass is 9.95. The molecule has 0 aromatic heterocycles. The van der Waals surface area contributed by atoms with Gasteiger partial charge in [0.1, 0.15) is 6.61 Å². The molecule has 0 saturated heterocycles. The van der Waals surface area contributed by atoms with Gasteiger partial charge in [0.15, 0.2) is 0 Å². The van der Waals surface area contributed by atoms with E-state index in [1.165, 1.54) is 6.92 Å². The minimum Gasteiger partial charge on any atom is -0.460 e. The Hall–Kier alpha value is -0.840. The second-order valence-corrected chi connectivity index (χ2v) is 5.16. The largest absolute Gasteiger partial charge is 0.465 e. The van der Waals surface area contributed by atoms with Crippen molar-refractivity contribution in [2.24, 2.45) is 5.41 Å². The van der Waals surface area contributed by atoms with Crippen molar-refractivity contribution in [3.8, 4) is 0 Å². The van der Waals surface area contributed by atoms with Crippen LogP contribution in [0.2, 0.25) is 0 Å². The Morgan fingerprint density at radius 1 is 1.29 bits per heavy atom. The van der Waals surface area contributed by atoms with Gasteiger partial charge < -0.3 is 14.9 Å². The summed E-state index contributed by atoms with van der Waals surface area (Å²) in [6.45, 7) is -0.960. The molecule has 0 amide bonds. The van der Waals surface area contributed by atoms with Gasteiger partial charge in [0.2, 0.25) is 0 Å². The summed E-state index contributed by atoms with van der Waals surface area (Å²) < 4.78 is 57.7. The quantitative estimate of drug-likeness (QED) is 0.421. The fourth-order valence-electron chi connectivity index (χ4n) is 0.570. The summed E-state index contributed by atoms with van der Waals surface area (Å²) in [6.07, 6.45) is 0. The zero-order chi connectivity index (χ0) is 13.9. The maximum atomic E-state index is 12.7. The molecule has 0 atom stereocenters. The van der Waals surface area contributed by atoms with Crippen LogP contribution < -0.4 is 0 Å². The van der Waals surface area contributed by atoms with Crippen LogP contribution in [0.25, 0.3) is 0 Å². The molecule has 0 saturated carbocycles. The monoisotopic (exact) mass is 278 g/mol. The van der Waals surface area contributed by atoms with Gasteiger partial charge in [0.05, 0.1) is 13.2 Å². The predicted octanol–water partition coefficient (Wildman–Crippen LogP) is -0.999. The number of aliphatic hydroxyl groups is 2. The van der Waals surface area contributed by atoms with Crippen LogP contribution in [0.1, 0.15) is 6.92 Å². The number of hydrogen-bond acceptors (Lipinski definition) is 6. The van der Waals surface area contributed by atoms with E-state index in [4.69, 9.17) is 14.8 Å². The lowest BCUT2D eigenvalue weighted by Gasteiger charge is -2.24. The van der Waals surface area contributed by atoms with E-state index in [1.807, 2.05) is 0 Å². The van der Waals surface area contributed by atoms with Crippen LogP contribution in [0.5, 0.6) is 0 Å². The van der Waals surface area contributed by atoms with Crippen molar-refractivity contribution in [1.82, 2.24) is 0 Å². The molecule has 3 N–H and O–H groups in total. The van der Waals surface area contributed by atoms with Gasteiger partial charge in [-0.2, -0.15) is 17.2 Å². The van der Waals surface area contributed by atoms with E-state index in [-0.39, 0.29) is 0 Å². The first-order valence-electron chi connectivity index (χ1n) is 4.24. The molecule has 0 aromatic carbocycles. The van der Waals surface area contributed by atoms with E-state index >= 15 is 0 Å². The molecule has 0 bridgehead atoms. The van der Waals surface area contributed by atoms with Crippen LogP contribution in [-0.4, -0.2) is 54.2 Å². The number of carbonyl (C=O) groups is 1. The molecule has 102 valence electrons. The molecular weight excluding hydrogens is 266 g/mol. The van der Waals surface area contributed by atoms with Crippen LogP contribution in [0.15, 0.2) is 0 Å². The summed E-state index contributed by atoms with van der Waals surface area (Å²) in [5.74, 6) is -2.48. The van der Waals surface area contributed by atoms with Crippen molar-refractivity contribution >= 4 is 16.1 Å². The summed E-state index contributed by atoms with van der Waals surface area (Å²) in [7, 11) is -5.92. The minimum atomic E-state index is -5.92. The van der Waals surface area contributed by atoms with Gasteiger partial charge in [-0.05, 0) is 0 Å². The molecule has 0 radical (unpaired) electrons. The fraction of sp³-hybridized carbons (Fsp3) is 0.857. The average Bonchev–Trinajstić information content (AvgIpc) is 2.23. The fourth-order valence-corrected chi connectivity index (χ4v) is 0.840. The standard InChI is InChI=1S/C7H12F2O7S/c1-6(2-10,3-11)4-16-5(12)7(8,9)17(13,14)15/h10-11H,2-4H2,1H3,(H,13,14,15). The normalized spacial score (nSPS) is 13.5. The third-order valence-corrected chi connectivity index (χ3v) is 2.69. The number of esters is 1. The number of halogens is 2. The molecule has 7 nitrogen and oxygen atoms in total. The predicted molar refractivity (Wildman–Crippen MR) is 49.7 cm³/mol. The molecule has 0 rings (SSSR count). The lowest BCUT2D eigenvalue weighted by molar-refractivity contribution is -0.166. The third kappa shape index (κ3) is 3.84. The van der Waals surface area contributed by atoms with Gasteiger partial charge in [-0.25, -0.2) is 4.79 Å². The van der Waals surface area contributed by atoms with Crippen molar-refractivity contribution in [3.05, 3.63) is 0 Å². The highest BCUT2D eigenvalue weighted by atomic mass is 32.2. The van der Waals surface area contributed by atoms with Crippen molar-refractivity contribution in [1.29, 1.82) is 0 Å². The highest BCUT2D eigenvalue weighted by Crippen LogP contribution is 2.24. The molecule has 0 heterocycles. The molecule has 0 unspecified atom stereocenters. The Balaban J connectivity index is 4.69. The van der Waals surface area contributed by atoms with Gasteiger partial charge in [0.25, 0.3) is 0 Å². The Bertz CT molecular complexity index is 374. The van der Waals surface area contributed by atoms with E-state index in [0.29, 0.717) is 0 Å². The minimum absolute atomic E-state index is 0.672. The first-order valence-corrected chi connectivity index (χ1v) is 5.68. The average molecular weight is 278 g/mol. The number of hydrogen-bond donors (Lipinski definition) is 3. The SMILES string of the molecule is CC(CO)(CO)COC(=O)C(F)(F)S(=O)(=O)O. The van der Waals surface area contributed by atoms with Gasteiger partial charge >= 0.3 is 21.3 Å². The highest BCUT2D eigenvalue weighted by molar-refractivity contribution is 7.87. The smallest absolute Gasteiger partial charge is 0.460 e. The van der Waals surface area contributed by atoms with Crippen LogP contribution in [-0.2, 0) is 19.6 Å². The molecule has 0 fully saturated rings. The summed E-state index contributed by atoms with van der Waals surface area (Å²) in [5, 5.41) is 12.4. The van der Waals surface area contributed by atoms with Crippen LogP contribution in [0.4, 0.5) is 8.78 Å². The zero-order valence-corrected chi connectivity index (χ0v) is 9.58. The second kappa shape index (κ2) is 5.21. The molecule has 0 aliphatic carbocycles. The van der Waals surface area contributed by atoms with Gasteiger partial charge in [-0.1, -0.05) is 6.92 Å². The molecule has 0 aromatic rings. The Morgan fingerprint density at radius 3 is 2.00 bits per heavy atom. The second-order valence-electron chi connectivity index (χ2n) is 3.69. The number of aliphatic hydroxyl groups excluding tert-OH is 2. The first-order chi connectivity index (χ1) is 7.50. The number of alkyl halides is 2. The zero-order valence-electron chi connectivity index (χ0n) is 8.76. The number of ether oxygens (including phenoxy) is 1. The number of carbonyl (C=O) groups excluding carboxylic acids is 1. The van der Waals surface area contributed by atoms with Crippen molar-refractivity contribution < 1.29 is 41.5 Å². The van der Waals surface area contributed by atoms with Crippen molar-refractivity contribution in [2.75, 3.05) is 19.8 Å². The van der Waals surface area contributed by atoms with E-state index in [2.05, 4.69) is 4.74 Å². The molecule has 17 heavy (non-hydrogen) atoms. The van der Waals surface area contributed by atoms with Crippen molar-refractivity contribution in [2.45, 2.75) is 12.2 Å². The van der Waals surface area contributed by atoms with Crippen LogP contribution in [0.3, 0.4) is 0 Å². The summed E-state index contributed by atoms with van der Waals surface area (Å²) in [5.41, 5.74) is -1.38. The molecular formula is C7H12F2O7S. The topological polar surface area (TPSA) is 121 Å². The third-order valence-electron chi connectivity index (χ3n) is 1.88. The van der Waals surface area contributed by atoms with Crippen molar-refractivity contribution in [3.63, 3.8) is 0 Å². The van der Waals surface area contributed by atoms with E-state index in [9.17, 15) is 22.0 Å². The molecule has 10 heteroatoms. The van der Waals surface area contributed by atoms with E-state index < -0.39 is 46.6 Å². The maximum absolute atomic E-state index is 12.7. The van der Waals surface area contributed by atoms with E-state index in [1.54, 1.807) is 0 Å². The first kappa shape index (κ1) is 16.2. The van der Waals surface area contributed by atoms with Crippen LogP contribution >= 0.6 is 0 Å². The number of rotatable bonds is 6. The Kier molecular flexibility index (Phi) is 4.95.